The van der Waals surface area contributed by atoms with E-state index in [9.17, 15) is 0 Å². The van der Waals surface area contributed by atoms with Gasteiger partial charge in [-0.05, 0) is 40.5 Å². The second-order valence-electron chi connectivity index (χ2n) is 6.42. The van der Waals surface area contributed by atoms with Crippen LogP contribution in [-0.2, 0) is 0 Å². The SMILES string of the molecule is N#Cc1cccc(-c2ccccc2)c1.N=C(N)c1cccc(-c2ccccc2)c1. The first-order chi connectivity index (χ1) is 14.2. The highest BCUT2D eigenvalue weighted by Gasteiger charge is 2.00. The summed E-state index contributed by atoms with van der Waals surface area (Å²) in [6.07, 6.45) is 0. The summed E-state index contributed by atoms with van der Waals surface area (Å²) >= 11 is 0. The fourth-order valence-corrected chi connectivity index (χ4v) is 2.90. The van der Waals surface area contributed by atoms with Crippen LogP contribution in [0.3, 0.4) is 0 Å². The lowest BCUT2D eigenvalue weighted by Gasteiger charge is -2.03. The largest absolute Gasteiger partial charge is 0.384 e. The Labute approximate surface area is 171 Å². The molecule has 0 aromatic heterocycles. The van der Waals surface area contributed by atoms with Crippen LogP contribution in [0.5, 0.6) is 0 Å². The van der Waals surface area contributed by atoms with Gasteiger partial charge in [-0.1, -0.05) is 91.0 Å². The molecule has 0 heterocycles. The normalized spacial score (nSPS) is 9.62. The van der Waals surface area contributed by atoms with Crippen molar-refractivity contribution >= 4 is 5.84 Å². The summed E-state index contributed by atoms with van der Waals surface area (Å²) in [6.45, 7) is 0. The average molecular weight is 375 g/mol. The highest BCUT2D eigenvalue weighted by atomic mass is 14.7. The number of nitrogen functional groups attached to an aromatic ring is 1. The van der Waals surface area contributed by atoms with E-state index in [1.165, 1.54) is 0 Å². The maximum Gasteiger partial charge on any atom is 0.122 e. The number of hydrogen-bond acceptors (Lipinski definition) is 2. The summed E-state index contributed by atoms with van der Waals surface area (Å²) in [7, 11) is 0. The Morgan fingerprint density at radius 2 is 1.10 bits per heavy atom. The lowest BCUT2D eigenvalue weighted by atomic mass is 10.0. The Kier molecular flexibility index (Phi) is 6.54. The highest BCUT2D eigenvalue weighted by molar-refractivity contribution is 5.96. The van der Waals surface area contributed by atoms with Gasteiger partial charge in [0, 0.05) is 5.56 Å². The number of rotatable bonds is 3. The van der Waals surface area contributed by atoms with Crippen molar-refractivity contribution in [1.29, 1.82) is 10.7 Å². The number of hydrogen-bond donors (Lipinski definition) is 2. The molecule has 0 fully saturated rings. The molecule has 4 aromatic carbocycles. The van der Waals surface area contributed by atoms with Crippen LogP contribution in [0.25, 0.3) is 22.3 Å². The van der Waals surface area contributed by atoms with E-state index < -0.39 is 0 Å². The Morgan fingerprint density at radius 1 is 0.621 bits per heavy atom. The minimum atomic E-state index is 0.104. The number of nitriles is 1. The predicted octanol–water partition coefficient (Wildman–Crippen LogP) is 5.86. The summed E-state index contributed by atoms with van der Waals surface area (Å²) < 4.78 is 0. The topological polar surface area (TPSA) is 73.7 Å². The molecule has 3 heteroatoms. The molecule has 0 unspecified atom stereocenters. The van der Waals surface area contributed by atoms with E-state index in [-0.39, 0.29) is 5.84 Å². The zero-order valence-corrected chi connectivity index (χ0v) is 15.9. The second-order valence-corrected chi connectivity index (χ2v) is 6.42. The van der Waals surface area contributed by atoms with E-state index in [0.29, 0.717) is 5.56 Å². The van der Waals surface area contributed by atoms with Crippen molar-refractivity contribution in [1.82, 2.24) is 0 Å². The summed E-state index contributed by atoms with van der Waals surface area (Å²) in [4.78, 5) is 0. The van der Waals surface area contributed by atoms with E-state index >= 15 is 0 Å². The summed E-state index contributed by atoms with van der Waals surface area (Å²) in [6, 6.07) is 37.6. The first-order valence-corrected chi connectivity index (χ1v) is 9.23. The Balaban J connectivity index is 0.000000166. The number of nitrogens with one attached hydrogen (secondary N) is 1. The van der Waals surface area contributed by atoms with Gasteiger partial charge in [-0.3, -0.25) is 5.41 Å². The maximum absolute atomic E-state index is 8.76. The van der Waals surface area contributed by atoms with Crippen molar-refractivity contribution in [2.75, 3.05) is 0 Å². The van der Waals surface area contributed by atoms with Crippen LogP contribution >= 0.6 is 0 Å². The quantitative estimate of drug-likeness (QED) is 0.347. The van der Waals surface area contributed by atoms with Crippen LogP contribution in [0.4, 0.5) is 0 Å². The second kappa shape index (κ2) is 9.68. The van der Waals surface area contributed by atoms with Gasteiger partial charge in [0.05, 0.1) is 11.6 Å². The lowest BCUT2D eigenvalue weighted by Crippen LogP contribution is -2.10. The molecule has 0 radical (unpaired) electrons. The third-order valence-electron chi connectivity index (χ3n) is 4.38. The maximum atomic E-state index is 8.76. The number of amidine groups is 1. The van der Waals surface area contributed by atoms with Gasteiger partial charge in [0.1, 0.15) is 5.84 Å². The standard InChI is InChI=1S/C13H12N2.C13H9N/c14-13(15)12-8-4-7-11(9-12)10-5-2-1-3-6-10;14-10-11-5-4-8-13(9-11)12-6-2-1-3-7-12/h1-9H,(H3,14,15);1-9H. The highest BCUT2D eigenvalue weighted by Crippen LogP contribution is 2.20. The molecule has 4 aromatic rings. The molecule has 0 amide bonds. The molecule has 4 rings (SSSR count). The van der Waals surface area contributed by atoms with Crippen molar-refractivity contribution < 1.29 is 0 Å². The molecule has 0 aliphatic rings. The fraction of sp³-hybridized carbons (Fsp3) is 0. The molecule has 140 valence electrons. The first-order valence-electron chi connectivity index (χ1n) is 9.23. The molecule has 3 N–H and O–H groups in total. The van der Waals surface area contributed by atoms with Crippen LogP contribution in [0.2, 0.25) is 0 Å². The van der Waals surface area contributed by atoms with Gasteiger partial charge >= 0.3 is 0 Å². The van der Waals surface area contributed by atoms with Crippen molar-refractivity contribution in [2.24, 2.45) is 5.73 Å². The Bertz CT molecular complexity index is 1130. The summed E-state index contributed by atoms with van der Waals surface area (Å²) in [5.74, 6) is 0.104. The monoisotopic (exact) mass is 375 g/mol. The summed E-state index contributed by atoms with van der Waals surface area (Å²) in [5.41, 5.74) is 11.4. The van der Waals surface area contributed by atoms with E-state index in [4.69, 9.17) is 16.4 Å². The third kappa shape index (κ3) is 5.41. The van der Waals surface area contributed by atoms with E-state index in [1.54, 1.807) is 0 Å². The van der Waals surface area contributed by atoms with E-state index in [0.717, 1.165) is 27.8 Å². The molecule has 0 spiro atoms. The molecule has 3 nitrogen and oxygen atoms in total. The Hall–Kier alpha value is -4.16. The van der Waals surface area contributed by atoms with Crippen LogP contribution in [-0.4, -0.2) is 5.84 Å². The molecule has 0 atom stereocenters. The zero-order valence-electron chi connectivity index (χ0n) is 15.9. The van der Waals surface area contributed by atoms with Crippen LogP contribution < -0.4 is 5.73 Å². The van der Waals surface area contributed by atoms with E-state index in [2.05, 4.69) is 6.07 Å². The van der Waals surface area contributed by atoms with Crippen molar-refractivity contribution in [2.45, 2.75) is 0 Å². The van der Waals surface area contributed by atoms with Crippen molar-refractivity contribution in [3.05, 3.63) is 120 Å². The van der Waals surface area contributed by atoms with Gasteiger partial charge in [-0.25, -0.2) is 0 Å². The molecular formula is C26H21N3. The van der Waals surface area contributed by atoms with E-state index in [1.807, 2.05) is 109 Å². The zero-order chi connectivity index (χ0) is 20.5. The molecule has 0 aliphatic carbocycles. The minimum absolute atomic E-state index is 0.104. The van der Waals surface area contributed by atoms with Gasteiger partial charge in [0.2, 0.25) is 0 Å². The third-order valence-corrected chi connectivity index (χ3v) is 4.38. The molecule has 0 bridgehead atoms. The molecular weight excluding hydrogens is 354 g/mol. The van der Waals surface area contributed by atoms with Gasteiger partial charge < -0.3 is 5.73 Å². The van der Waals surface area contributed by atoms with Gasteiger partial charge in [0.25, 0.3) is 0 Å². The minimum Gasteiger partial charge on any atom is -0.384 e. The fourth-order valence-electron chi connectivity index (χ4n) is 2.90. The van der Waals surface area contributed by atoms with Crippen LogP contribution in [0.1, 0.15) is 11.1 Å². The lowest BCUT2D eigenvalue weighted by molar-refractivity contribution is 1.42. The Morgan fingerprint density at radius 3 is 1.62 bits per heavy atom. The van der Waals surface area contributed by atoms with Gasteiger partial charge in [-0.15, -0.1) is 0 Å². The van der Waals surface area contributed by atoms with Gasteiger partial charge in [0.15, 0.2) is 0 Å². The van der Waals surface area contributed by atoms with Crippen LogP contribution in [0, 0.1) is 16.7 Å². The smallest absolute Gasteiger partial charge is 0.122 e. The van der Waals surface area contributed by atoms with Crippen molar-refractivity contribution in [3.8, 4) is 28.3 Å². The number of benzene rings is 4. The average Bonchev–Trinajstić information content (AvgIpc) is 2.81. The molecule has 0 saturated carbocycles. The summed E-state index contributed by atoms with van der Waals surface area (Å²) in [5, 5.41) is 16.1. The molecule has 0 saturated heterocycles. The molecule has 29 heavy (non-hydrogen) atoms. The number of nitrogens with two attached hydrogens (primary N) is 1. The van der Waals surface area contributed by atoms with Crippen LogP contribution in [0.15, 0.2) is 109 Å². The molecule has 0 aliphatic heterocycles. The number of nitrogens with zero attached hydrogens (tertiary/aromatic N) is 1. The van der Waals surface area contributed by atoms with Crippen molar-refractivity contribution in [3.63, 3.8) is 0 Å². The first kappa shape index (κ1) is 19.6. The van der Waals surface area contributed by atoms with Gasteiger partial charge in [-0.2, -0.15) is 5.26 Å². The predicted molar refractivity (Wildman–Crippen MR) is 119 cm³/mol.